The minimum absolute atomic E-state index is 0.0368. The molecule has 0 atom stereocenters. The summed E-state index contributed by atoms with van der Waals surface area (Å²) in [6, 6.07) is 8.62. The second kappa shape index (κ2) is 6.86. The summed E-state index contributed by atoms with van der Waals surface area (Å²) in [5.74, 6) is 0.0368. The van der Waals surface area contributed by atoms with Crippen molar-refractivity contribution in [2.75, 3.05) is 18.8 Å². The Hall–Kier alpha value is -2.37. The van der Waals surface area contributed by atoms with E-state index in [9.17, 15) is 13.7 Å². The number of sulfonamides is 1. The summed E-state index contributed by atoms with van der Waals surface area (Å²) >= 11 is 0. The molecule has 0 fully saturated rings. The number of anilines is 1. The van der Waals surface area contributed by atoms with E-state index < -0.39 is 10.0 Å². The maximum absolute atomic E-state index is 12.6. The van der Waals surface area contributed by atoms with E-state index in [1.54, 1.807) is 28.9 Å². The van der Waals surface area contributed by atoms with Crippen LogP contribution in [0, 0.1) is 11.3 Å². The molecule has 0 radical (unpaired) electrons. The van der Waals surface area contributed by atoms with Crippen LogP contribution in [0.5, 0.6) is 0 Å². The third-order valence-corrected chi connectivity index (χ3v) is 4.84. The third-order valence-electron chi connectivity index (χ3n) is 3.49. The van der Waals surface area contributed by atoms with Crippen molar-refractivity contribution < 1.29 is 8.42 Å². The highest BCUT2D eigenvalue weighted by Crippen LogP contribution is 2.22. The van der Waals surface area contributed by atoms with Gasteiger partial charge in [0, 0.05) is 12.7 Å². The molecule has 1 heterocycles. The van der Waals surface area contributed by atoms with Crippen LogP contribution in [0.2, 0.25) is 0 Å². The monoisotopic (exact) mass is 361 g/mol. The molecule has 0 bridgehead atoms. The quantitative estimate of drug-likeness (QED) is 0.883. The van der Waals surface area contributed by atoms with E-state index in [0.29, 0.717) is 0 Å². The van der Waals surface area contributed by atoms with E-state index in [-0.39, 0.29) is 21.8 Å². The van der Waals surface area contributed by atoms with E-state index in [4.69, 9.17) is 0 Å². The Labute approximate surface area is 148 Å². The zero-order valence-corrected chi connectivity index (χ0v) is 15.9. The number of rotatable bonds is 5. The second-order valence-corrected chi connectivity index (χ2v) is 8.79. The summed E-state index contributed by atoms with van der Waals surface area (Å²) in [7, 11) is 0.0774. The molecule has 0 aliphatic heterocycles. The van der Waals surface area contributed by atoms with Crippen molar-refractivity contribution in [1.29, 1.82) is 5.26 Å². The average molecular weight is 361 g/mol. The van der Waals surface area contributed by atoms with Gasteiger partial charge in [-0.1, -0.05) is 12.1 Å². The second-order valence-electron chi connectivity index (χ2n) is 7.11. The minimum atomic E-state index is -3.81. The van der Waals surface area contributed by atoms with Crippen molar-refractivity contribution >= 4 is 15.8 Å². The minimum Gasteiger partial charge on any atom is -0.305 e. The molecule has 2 aromatic rings. The van der Waals surface area contributed by atoms with E-state index in [1.807, 2.05) is 45.8 Å². The molecule has 1 aromatic carbocycles. The number of benzene rings is 1. The first-order chi connectivity index (χ1) is 11.5. The van der Waals surface area contributed by atoms with Gasteiger partial charge in [0.05, 0.1) is 10.4 Å². The normalized spacial score (nSPS) is 12.2. The van der Waals surface area contributed by atoms with Crippen LogP contribution in [0.25, 0.3) is 0 Å². The summed E-state index contributed by atoms with van der Waals surface area (Å²) in [4.78, 5) is 2.13. The van der Waals surface area contributed by atoms with Crippen LogP contribution in [-0.2, 0) is 22.1 Å². The molecule has 0 aliphatic carbocycles. The summed E-state index contributed by atoms with van der Waals surface area (Å²) in [5.41, 5.74) is 0.838. The summed E-state index contributed by atoms with van der Waals surface area (Å²) in [5, 5.41) is 13.5. The van der Waals surface area contributed by atoms with Gasteiger partial charge in [-0.05, 0) is 52.6 Å². The number of hydrogen-bond donors (Lipinski definition) is 1. The maximum atomic E-state index is 12.6. The zero-order valence-electron chi connectivity index (χ0n) is 15.1. The number of aromatic nitrogens is 2. The van der Waals surface area contributed by atoms with Gasteiger partial charge >= 0.3 is 0 Å². The highest BCUT2D eigenvalue weighted by atomic mass is 32.2. The number of nitriles is 1. The first-order valence-corrected chi connectivity index (χ1v) is 9.28. The first kappa shape index (κ1) is 19.0. The fourth-order valence-electron chi connectivity index (χ4n) is 2.20. The lowest BCUT2D eigenvalue weighted by Gasteiger charge is -2.18. The number of nitrogens with one attached hydrogen (secondary N) is 1. The molecule has 0 saturated carbocycles. The molecular formula is C17H23N5O2S. The number of nitrogens with zero attached hydrogens (tertiary/aromatic N) is 4. The van der Waals surface area contributed by atoms with Crippen LogP contribution in [0.15, 0.2) is 35.4 Å². The van der Waals surface area contributed by atoms with E-state index >= 15 is 0 Å². The highest BCUT2D eigenvalue weighted by Gasteiger charge is 2.22. The molecule has 134 valence electrons. The molecule has 8 heteroatoms. The van der Waals surface area contributed by atoms with Crippen LogP contribution < -0.4 is 4.72 Å². The average Bonchev–Trinajstić information content (AvgIpc) is 2.89. The van der Waals surface area contributed by atoms with Gasteiger partial charge in [-0.3, -0.25) is 9.40 Å². The van der Waals surface area contributed by atoms with Gasteiger partial charge < -0.3 is 4.90 Å². The predicted octanol–water partition coefficient (Wildman–Crippen LogP) is 2.37. The molecule has 0 aliphatic rings. The van der Waals surface area contributed by atoms with Gasteiger partial charge in [0.1, 0.15) is 11.6 Å². The van der Waals surface area contributed by atoms with Gasteiger partial charge in [-0.15, -0.1) is 0 Å². The Bertz CT molecular complexity index is 885. The molecule has 0 unspecified atom stereocenters. The molecule has 0 saturated heterocycles. The van der Waals surface area contributed by atoms with Gasteiger partial charge in [-0.2, -0.15) is 10.4 Å². The molecule has 25 heavy (non-hydrogen) atoms. The van der Waals surface area contributed by atoms with Crippen LogP contribution in [-0.4, -0.2) is 37.2 Å². The predicted molar refractivity (Wildman–Crippen MR) is 96.6 cm³/mol. The Morgan fingerprint density at radius 1 is 1.24 bits per heavy atom. The number of hydrogen-bond acceptors (Lipinski definition) is 5. The van der Waals surface area contributed by atoms with E-state index in [1.165, 1.54) is 6.20 Å². The van der Waals surface area contributed by atoms with Gasteiger partial charge in [-0.25, -0.2) is 8.42 Å². The van der Waals surface area contributed by atoms with Crippen molar-refractivity contribution in [3.63, 3.8) is 0 Å². The smallest absolute Gasteiger partial charge is 0.263 e. The molecule has 2 rings (SSSR count). The van der Waals surface area contributed by atoms with Crippen LogP contribution >= 0.6 is 0 Å². The van der Waals surface area contributed by atoms with Gasteiger partial charge in [0.25, 0.3) is 10.0 Å². The van der Waals surface area contributed by atoms with Gasteiger partial charge in [0.2, 0.25) is 0 Å². The van der Waals surface area contributed by atoms with Crippen molar-refractivity contribution in [1.82, 2.24) is 14.7 Å². The molecule has 7 nitrogen and oxygen atoms in total. The lowest BCUT2D eigenvalue weighted by Crippen LogP contribution is -2.22. The van der Waals surface area contributed by atoms with Crippen molar-refractivity contribution in [3.05, 3.63) is 41.6 Å². The van der Waals surface area contributed by atoms with Crippen molar-refractivity contribution in [2.45, 2.75) is 37.8 Å². The maximum Gasteiger partial charge on any atom is 0.263 e. The largest absolute Gasteiger partial charge is 0.305 e. The topological polar surface area (TPSA) is 91.0 Å². The lowest BCUT2D eigenvalue weighted by molar-refractivity contribution is 0.356. The molecule has 1 N–H and O–H groups in total. The van der Waals surface area contributed by atoms with Crippen LogP contribution in [0.3, 0.4) is 0 Å². The molecular weight excluding hydrogens is 338 g/mol. The Morgan fingerprint density at radius 3 is 2.32 bits per heavy atom. The Balaban J connectivity index is 2.30. The van der Waals surface area contributed by atoms with Crippen LogP contribution in [0.1, 0.15) is 31.9 Å². The Morgan fingerprint density at radius 2 is 1.84 bits per heavy atom. The SMILES string of the molecule is CN(C)Cc1ccc(S(=O)(=O)Nc2nn(C(C)(C)C)cc2C#N)cc1. The lowest BCUT2D eigenvalue weighted by atomic mass is 10.1. The fourth-order valence-corrected chi connectivity index (χ4v) is 3.22. The molecule has 0 amide bonds. The summed E-state index contributed by atoms with van der Waals surface area (Å²) < 4.78 is 29.2. The van der Waals surface area contributed by atoms with Gasteiger partial charge in [0.15, 0.2) is 5.82 Å². The summed E-state index contributed by atoms with van der Waals surface area (Å²) in [6.07, 6.45) is 1.54. The van der Waals surface area contributed by atoms with E-state index in [2.05, 4.69) is 9.82 Å². The molecule has 0 spiro atoms. The summed E-state index contributed by atoms with van der Waals surface area (Å²) in [6.45, 7) is 6.48. The zero-order chi connectivity index (χ0) is 18.8. The Kier molecular flexibility index (Phi) is 5.20. The fraction of sp³-hybridized carbons (Fsp3) is 0.412. The first-order valence-electron chi connectivity index (χ1n) is 7.79. The molecule has 1 aromatic heterocycles. The standard InChI is InChI=1S/C17H23N5O2S/c1-17(2,3)22-12-14(10-18)16(19-22)20-25(23,24)15-8-6-13(7-9-15)11-21(4)5/h6-9,12H,11H2,1-5H3,(H,19,20). The third kappa shape index (κ3) is 4.59. The van der Waals surface area contributed by atoms with Crippen molar-refractivity contribution in [3.8, 4) is 6.07 Å². The van der Waals surface area contributed by atoms with Crippen LogP contribution in [0.4, 0.5) is 5.82 Å². The van der Waals surface area contributed by atoms with E-state index in [0.717, 1.165) is 12.1 Å². The highest BCUT2D eigenvalue weighted by molar-refractivity contribution is 7.92. The van der Waals surface area contributed by atoms with Crippen molar-refractivity contribution in [2.24, 2.45) is 0 Å².